The molecule has 0 saturated carbocycles. The van der Waals surface area contributed by atoms with E-state index in [9.17, 15) is 4.79 Å². The van der Waals surface area contributed by atoms with Crippen LogP contribution in [-0.4, -0.2) is 40.4 Å². The smallest absolute Gasteiger partial charge is 0.253 e. The molecule has 1 aromatic heterocycles. The van der Waals surface area contributed by atoms with Crippen molar-refractivity contribution in [1.82, 2.24) is 14.9 Å². The number of hydrogen-bond donors (Lipinski definition) is 1. The minimum absolute atomic E-state index is 0.148. The number of aromatic nitrogens is 2. The third kappa shape index (κ3) is 3.33. The van der Waals surface area contributed by atoms with Crippen LogP contribution in [0.5, 0.6) is 0 Å². The highest BCUT2D eigenvalue weighted by molar-refractivity contribution is 5.95. The second-order valence-electron chi connectivity index (χ2n) is 7.86. The Balaban J connectivity index is 1.26. The maximum Gasteiger partial charge on any atom is 0.253 e. The van der Waals surface area contributed by atoms with E-state index in [4.69, 9.17) is 4.98 Å². The quantitative estimate of drug-likeness (QED) is 0.762. The Labute approximate surface area is 164 Å². The predicted octanol–water partition coefficient (Wildman–Crippen LogP) is 3.69. The summed E-state index contributed by atoms with van der Waals surface area (Å²) < 4.78 is 0. The fourth-order valence-electron chi connectivity index (χ4n) is 4.34. The number of aryl methyl sites for hydroxylation is 1. The summed E-state index contributed by atoms with van der Waals surface area (Å²) in [5.74, 6) is 1.44. The number of nitrogens with zero attached hydrogens (tertiary/aromatic N) is 3. The maximum atomic E-state index is 13.0. The lowest BCUT2D eigenvalue weighted by atomic mass is 10.0. The molecule has 1 N–H and O–H groups in total. The second-order valence-corrected chi connectivity index (χ2v) is 7.86. The van der Waals surface area contributed by atoms with Gasteiger partial charge in [-0.2, -0.15) is 0 Å². The van der Waals surface area contributed by atoms with Crippen LogP contribution in [0, 0.1) is 5.92 Å². The van der Waals surface area contributed by atoms with Gasteiger partial charge in [-0.1, -0.05) is 18.2 Å². The van der Waals surface area contributed by atoms with E-state index in [2.05, 4.69) is 22.4 Å². The van der Waals surface area contributed by atoms with Crippen molar-refractivity contribution in [2.75, 3.05) is 25.0 Å². The first kappa shape index (κ1) is 17.2. The summed E-state index contributed by atoms with van der Waals surface area (Å²) in [5, 5.41) is 4.47. The van der Waals surface area contributed by atoms with Crippen molar-refractivity contribution in [3.8, 4) is 0 Å². The Morgan fingerprint density at radius 2 is 2.14 bits per heavy atom. The van der Waals surface area contributed by atoms with Gasteiger partial charge >= 0.3 is 0 Å². The molecule has 2 aliphatic rings. The first-order valence-corrected chi connectivity index (χ1v) is 10.1. The fraction of sp³-hybridized carbons (Fsp3) is 0.348. The highest BCUT2D eigenvalue weighted by Crippen LogP contribution is 2.26. The van der Waals surface area contributed by atoms with Crippen LogP contribution in [0.2, 0.25) is 0 Å². The molecule has 0 aliphatic carbocycles. The molecule has 2 aliphatic heterocycles. The van der Waals surface area contributed by atoms with E-state index in [-0.39, 0.29) is 5.91 Å². The molecule has 3 heterocycles. The van der Waals surface area contributed by atoms with Crippen LogP contribution >= 0.6 is 0 Å². The van der Waals surface area contributed by atoms with Crippen molar-refractivity contribution in [3.63, 3.8) is 0 Å². The summed E-state index contributed by atoms with van der Waals surface area (Å²) >= 11 is 0. The van der Waals surface area contributed by atoms with E-state index in [0.717, 1.165) is 67.6 Å². The molecule has 0 radical (unpaired) electrons. The summed E-state index contributed by atoms with van der Waals surface area (Å²) in [7, 11) is 0. The lowest BCUT2D eigenvalue weighted by molar-refractivity contribution is 0.0787. The van der Waals surface area contributed by atoms with Crippen LogP contribution in [-0.2, 0) is 12.8 Å². The lowest BCUT2D eigenvalue weighted by Crippen LogP contribution is -2.29. The van der Waals surface area contributed by atoms with Gasteiger partial charge in [-0.15, -0.1) is 0 Å². The van der Waals surface area contributed by atoms with Crippen molar-refractivity contribution in [1.29, 1.82) is 0 Å². The zero-order chi connectivity index (χ0) is 18.9. The van der Waals surface area contributed by atoms with Gasteiger partial charge in [-0.25, -0.2) is 9.97 Å². The van der Waals surface area contributed by atoms with Gasteiger partial charge in [0, 0.05) is 48.9 Å². The van der Waals surface area contributed by atoms with Crippen LogP contribution in [0.1, 0.15) is 34.6 Å². The second kappa shape index (κ2) is 7.23. The first-order chi connectivity index (χ1) is 13.8. The third-order valence-corrected chi connectivity index (χ3v) is 5.87. The van der Waals surface area contributed by atoms with E-state index in [1.54, 1.807) is 0 Å². The molecule has 1 amide bonds. The number of rotatable bonds is 3. The van der Waals surface area contributed by atoms with Crippen LogP contribution in [0.3, 0.4) is 0 Å². The van der Waals surface area contributed by atoms with E-state index in [0.29, 0.717) is 5.92 Å². The largest absolute Gasteiger partial charge is 0.385 e. The highest BCUT2D eigenvalue weighted by Gasteiger charge is 2.28. The molecule has 5 rings (SSSR count). The summed E-state index contributed by atoms with van der Waals surface area (Å²) in [4.78, 5) is 24.2. The Bertz CT molecular complexity index is 1030. The van der Waals surface area contributed by atoms with Gasteiger partial charge in [0.1, 0.15) is 5.82 Å². The van der Waals surface area contributed by atoms with Crippen molar-refractivity contribution in [3.05, 3.63) is 65.6 Å². The molecule has 28 heavy (non-hydrogen) atoms. The minimum atomic E-state index is 0.148. The molecule has 1 atom stereocenters. The number of para-hydroxylation sites is 1. The number of nitrogens with one attached hydrogen (secondary N) is 1. The van der Waals surface area contributed by atoms with Crippen LogP contribution in [0.15, 0.2) is 48.7 Å². The van der Waals surface area contributed by atoms with Crippen molar-refractivity contribution < 1.29 is 4.79 Å². The SMILES string of the molecule is O=C(c1ccc2c(c1)CCCN2)N1CC[C@@H](Cc2ncc3ccccc3n2)C1. The molecule has 142 valence electrons. The summed E-state index contributed by atoms with van der Waals surface area (Å²) in [5.41, 5.74) is 4.24. The molecule has 1 fully saturated rings. The number of hydrogen-bond acceptors (Lipinski definition) is 4. The molecule has 0 unspecified atom stereocenters. The third-order valence-electron chi connectivity index (χ3n) is 5.87. The number of fused-ring (bicyclic) bond motifs is 2. The number of anilines is 1. The maximum absolute atomic E-state index is 13.0. The van der Waals surface area contributed by atoms with Gasteiger partial charge in [0.05, 0.1) is 5.52 Å². The van der Waals surface area contributed by atoms with Gasteiger partial charge in [0.15, 0.2) is 0 Å². The van der Waals surface area contributed by atoms with Crippen LogP contribution < -0.4 is 5.32 Å². The Morgan fingerprint density at radius 1 is 1.21 bits per heavy atom. The van der Waals surface area contributed by atoms with Gasteiger partial charge in [-0.3, -0.25) is 4.79 Å². The molecule has 5 nitrogen and oxygen atoms in total. The topological polar surface area (TPSA) is 58.1 Å². The normalized spacial score (nSPS) is 18.7. The molecular formula is C23H24N4O. The Hall–Kier alpha value is -2.95. The fourth-order valence-corrected chi connectivity index (χ4v) is 4.34. The standard InChI is InChI=1S/C23H24N4O/c28-23(18-7-8-20-17(13-18)5-3-10-24-20)27-11-9-16(15-27)12-22-25-14-19-4-1-2-6-21(19)26-22/h1-2,4,6-8,13-14,16,24H,3,5,9-12,15H2/t16-/m0/s1. The van der Waals surface area contributed by atoms with Gasteiger partial charge < -0.3 is 10.2 Å². The van der Waals surface area contributed by atoms with Crippen molar-refractivity contribution in [2.24, 2.45) is 5.92 Å². The van der Waals surface area contributed by atoms with Gasteiger partial charge in [0.2, 0.25) is 0 Å². The zero-order valence-corrected chi connectivity index (χ0v) is 15.9. The number of benzene rings is 2. The average molecular weight is 372 g/mol. The summed E-state index contributed by atoms with van der Waals surface area (Å²) in [6.07, 6.45) is 5.90. The molecule has 3 aromatic rings. The molecular weight excluding hydrogens is 348 g/mol. The first-order valence-electron chi connectivity index (χ1n) is 10.1. The molecule has 0 bridgehead atoms. The number of carbonyl (C=O) groups is 1. The summed E-state index contributed by atoms with van der Waals surface area (Å²) in [6, 6.07) is 14.1. The number of amides is 1. The van der Waals surface area contributed by atoms with Crippen molar-refractivity contribution >= 4 is 22.5 Å². The summed E-state index contributed by atoms with van der Waals surface area (Å²) in [6.45, 7) is 2.61. The number of carbonyl (C=O) groups excluding carboxylic acids is 1. The Morgan fingerprint density at radius 3 is 3.11 bits per heavy atom. The van der Waals surface area contributed by atoms with Crippen LogP contribution in [0.4, 0.5) is 5.69 Å². The zero-order valence-electron chi connectivity index (χ0n) is 15.9. The monoisotopic (exact) mass is 372 g/mol. The number of likely N-dealkylation sites (tertiary alicyclic amines) is 1. The molecule has 0 spiro atoms. The highest BCUT2D eigenvalue weighted by atomic mass is 16.2. The van der Waals surface area contributed by atoms with Crippen molar-refractivity contribution in [2.45, 2.75) is 25.7 Å². The van der Waals surface area contributed by atoms with E-state index < -0.39 is 0 Å². The molecule has 5 heteroatoms. The van der Waals surface area contributed by atoms with E-state index in [1.807, 2.05) is 41.4 Å². The Kier molecular flexibility index (Phi) is 4.43. The minimum Gasteiger partial charge on any atom is -0.385 e. The van der Waals surface area contributed by atoms with E-state index in [1.165, 1.54) is 11.3 Å². The molecule has 1 saturated heterocycles. The molecule has 2 aromatic carbocycles. The van der Waals surface area contributed by atoms with Gasteiger partial charge in [-0.05, 0) is 55.0 Å². The van der Waals surface area contributed by atoms with E-state index >= 15 is 0 Å². The van der Waals surface area contributed by atoms with Gasteiger partial charge in [0.25, 0.3) is 5.91 Å². The predicted molar refractivity (Wildman–Crippen MR) is 111 cm³/mol. The van der Waals surface area contributed by atoms with Crippen LogP contribution in [0.25, 0.3) is 10.9 Å². The average Bonchev–Trinajstić information content (AvgIpc) is 3.21. The lowest BCUT2D eigenvalue weighted by Gasteiger charge is -2.21.